The van der Waals surface area contributed by atoms with Crippen molar-refractivity contribution < 1.29 is 19.4 Å². The first kappa shape index (κ1) is 14.8. The van der Waals surface area contributed by atoms with Gasteiger partial charge in [0.25, 0.3) is 5.91 Å². The Morgan fingerprint density at radius 1 is 1.33 bits per heavy atom. The van der Waals surface area contributed by atoms with Crippen LogP contribution in [0.3, 0.4) is 0 Å². The van der Waals surface area contributed by atoms with Gasteiger partial charge >= 0.3 is 5.97 Å². The van der Waals surface area contributed by atoms with Crippen LogP contribution >= 0.6 is 23.2 Å². The van der Waals surface area contributed by atoms with Gasteiger partial charge in [-0.1, -0.05) is 23.2 Å². The number of nitrogens with one attached hydrogen (secondary N) is 1. The summed E-state index contributed by atoms with van der Waals surface area (Å²) in [6.07, 6.45) is -1.49. The van der Waals surface area contributed by atoms with Crippen molar-refractivity contribution in [3.8, 4) is 0 Å². The normalized spacial score (nSPS) is 11.9. The molecule has 0 radical (unpaired) electrons. The monoisotopic (exact) mass is 291 g/mol. The highest BCUT2D eigenvalue weighted by molar-refractivity contribution is 6.35. The Bertz CT molecular complexity index is 444. The number of rotatable bonds is 5. The van der Waals surface area contributed by atoms with Gasteiger partial charge < -0.3 is 15.2 Å². The number of amides is 1. The van der Waals surface area contributed by atoms with Crippen molar-refractivity contribution in [2.75, 3.05) is 12.4 Å². The molecule has 2 N–H and O–H groups in total. The minimum atomic E-state index is -1.12. The Hall–Kier alpha value is -1.30. The molecule has 0 aromatic heterocycles. The maximum absolute atomic E-state index is 11.7. The zero-order valence-electron chi connectivity index (χ0n) is 9.44. The van der Waals surface area contributed by atoms with Crippen molar-refractivity contribution >= 4 is 40.8 Å². The fourth-order valence-electron chi connectivity index (χ4n) is 1.29. The number of hydrogen-bond donors (Lipinski definition) is 2. The molecule has 98 valence electrons. The second-order valence-electron chi connectivity index (χ2n) is 3.47. The smallest absolute Gasteiger partial charge is 0.306 e. The summed E-state index contributed by atoms with van der Waals surface area (Å²) in [6.45, 7) is 0. The Balaban J connectivity index is 2.76. The van der Waals surface area contributed by atoms with E-state index in [1.54, 1.807) is 0 Å². The van der Waals surface area contributed by atoms with Gasteiger partial charge in [0, 0.05) is 22.8 Å². The maximum Gasteiger partial charge on any atom is 0.306 e. The lowest BCUT2D eigenvalue weighted by atomic mass is 10.2. The number of carbonyl (C=O) groups is 2. The largest absolute Gasteiger partial charge is 0.481 e. The Kier molecular flexibility index (Phi) is 5.40. The van der Waals surface area contributed by atoms with Crippen molar-refractivity contribution in [2.24, 2.45) is 0 Å². The van der Waals surface area contributed by atoms with Crippen molar-refractivity contribution in [1.82, 2.24) is 0 Å². The van der Waals surface area contributed by atoms with Gasteiger partial charge in [-0.2, -0.15) is 0 Å². The lowest BCUT2D eigenvalue weighted by molar-refractivity contribution is -0.143. The third kappa shape index (κ3) is 4.52. The Labute approximate surface area is 114 Å². The van der Waals surface area contributed by atoms with E-state index in [-0.39, 0.29) is 0 Å². The molecule has 7 heteroatoms. The van der Waals surface area contributed by atoms with E-state index in [1.165, 1.54) is 25.3 Å². The van der Waals surface area contributed by atoms with E-state index in [1.807, 2.05) is 0 Å². The number of carbonyl (C=O) groups excluding carboxylic acids is 1. The number of halogens is 2. The molecule has 0 bridgehead atoms. The first-order valence-corrected chi connectivity index (χ1v) is 5.69. The van der Waals surface area contributed by atoms with E-state index in [9.17, 15) is 9.59 Å². The fourth-order valence-corrected chi connectivity index (χ4v) is 1.82. The molecule has 1 atom stereocenters. The molecule has 5 nitrogen and oxygen atoms in total. The molecule has 1 amide bonds. The van der Waals surface area contributed by atoms with E-state index in [0.717, 1.165) is 0 Å². The zero-order chi connectivity index (χ0) is 13.7. The lowest BCUT2D eigenvalue weighted by Gasteiger charge is -2.13. The highest BCUT2D eigenvalue weighted by atomic mass is 35.5. The van der Waals surface area contributed by atoms with E-state index in [0.29, 0.717) is 15.7 Å². The highest BCUT2D eigenvalue weighted by Crippen LogP contribution is 2.22. The number of methoxy groups -OCH3 is 1. The highest BCUT2D eigenvalue weighted by Gasteiger charge is 2.21. The molecule has 1 unspecified atom stereocenters. The zero-order valence-corrected chi connectivity index (χ0v) is 11.0. The maximum atomic E-state index is 11.7. The van der Waals surface area contributed by atoms with Gasteiger partial charge in [-0.15, -0.1) is 0 Å². The quantitative estimate of drug-likeness (QED) is 0.874. The molecule has 0 spiro atoms. The minimum absolute atomic E-state index is 0.366. The fraction of sp³-hybridized carbons (Fsp3) is 0.273. The molecule has 18 heavy (non-hydrogen) atoms. The second kappa shape index (κ2) is 6.58. The average Bonchev–Trinajstić information content (AvgIpc) is 2.23. The van der Waals surface area contributed by atoms with Crippen LogP contribution in [-0.2, 0) is 14.3 Å². The Morgan fingerprint density at radius 3 is 2.33 bits per heavy atom. The number of carboxylic acid groups (broad SMARTS) is 1. The summed E-state index contributed by atoms with van der Waals surface area (Å²) >= 11 is 11.5. The summed E-state index contributed by atoms with van der Waals surface area (Å²) < 4.78 is 4.80. The molecule has 0 fully saturated rings. The molecule has 0 aliphatic heterocycles. The van der Waals surface area contributed by atoms with Crippen molar-refractivity contribution in [3.05, 3.63) is 28.2 Å². The number of anilines is 1. The SMILES string of the molecule is COC(CC(=O)O)C(=O)Nc1cc(Cl)cc(Cl)c1. The van der Waals surface area contributed by atoms with E-state index in [4.69, 9.17) is 33.0 Å². The molecular formula is C11H11Cl2NO4. The molecular weight excluding hydrogens is 281 g/mol. The second-order valence-corrected chi connectivity index (χ2v) is 4.34. The topological polar surface area (TPSA) is 75.6 Å². The average molecular weight is 292 g/mol. The molecule has 0 heterocycles. The molecule has 0 saturated carbocycles. The van der Waals surface area contributed by atoms with Gasteiger partial charge in [-0.05, 0) is 18.2 Å². The Morgan fingerprint density at radius 2 is 1.89 bits per heavy atom. The summed E-state index contributed by atoms with van der Waals surface area (Å²) in [5, 5.41) is 11.8. The van der Waals surface area contributed by atoms with E-state index >= 15 is 0 Å². The third-order valence-electron chi connectivity index (χ3n) is 2.07. The van der Waals surface area contributed by atoms with Crippen molar-refractivity contribution in [1.29, 1.82) is 0 Å². The van der Waals surface area contributed by atoms with Gasteiger partial charge in [0.15, 0.2) is 0 Å². The summed E-state index contributed by atoms with van der Waals surface area (Å²) in [5.74, 6) is -1.70. The van der Waals surface area contributed by atoms with Gasteiger partial charge in [0.05, 0.1) is 6.42 Å². The summed E-state index contributed by atoms with van der Waals surface area (Å²) in [4.78, 5) is 22.2. The summed E-state index contributed by atoms with van der Waals surface area (Å²) in [7, 11) is 1.26. The molecule has 1 aromatic rings. The number of aliphatic carboxylic acids is 1. The van der Waals surface area contributed by atoms with Crippen LogP contribution in [0.25, 0.3) is 0 Å². The van der Waals surface area contributed by atoms with Gasteiger partial charge in [0.2, 0.25) is 0 Å². The van der Waals surface area contributed by atoms with Crippen LogP contribution in [-0.4, -0.2) is 30.2 Å². The third-order valence-corrected chi connectivity index (χ3v) is 2.50. The first-order valence-electron chi connectivity index (χ1n) is 4.94. The molecule has 1 aromatic carbocycles. The van der Waals surface area contributed by atoms with Crippen LogP contribution in [0.1, 0.15) is 6.42 Å². The lowest BCUT2D eigenvalue weighted by Crippen LogP contribution is -2.31. The predicted molar refractivity (Wildman–Crippen MR) is 68.1 cm³/mol. The summed E-state index contributed by atoms with van der Waals surface area (Å²) in [6, 6.07) is 4.52. The van der Waals surface area contributed by atoms with E-state index < -0.39 is 24.4 Å². The van der Waals surface area contributed by atoms with E-state index in [2.05, 4.69) is 5.32 Å². The van der Waals surface area contributed by atoms with Crippen LogP contribution in [0.5, 0.6) is 0 Å². The van der Waals surface area contributed by atoms with Gasteiger partial charge in [-0.25, -0.2) is 0 Å². The molecule has 0 aliphatic rings. The molecule has 0 aliphatic carbocycles. The predicted octanol–water partition coefficient (Wildman–Crippen LogP) is 2.42. The molecule has 0 saturated heterocycles. The van der Waals surface area contributed by atoms with Crippen molar-refractivity contribution in [2.45, 2.75) is 12.5 Å². The molecule has 1 rings (SSSR count). The van der Waals surface area contributed by atoms with Crippen LogP contribution in [0.15, 0.2) is 18.2 Å². The van der Waals surface area contributed by atoms with Gasteiger partial charge in [-0.3, -0.25) is 9.59 Å². The van der Waals surface area contributed by atoms with Crippen LogP contribution < -0.4 is 5.32 Å². The van der Waals surface area contributed by atoms with Gasteiger partial charge in [0.1, 0.15) is 6.10 Å². The van der Waals surface area contributed by atoms with Crippen LogP contribution in [0.2, 0.25) is 10.0 Å². The number of ether oxygens (including phenoxy) is 1. The van der Waals surface area contributed by atoms with Crippen LogP contribution in [0, 0.1) is 0 Å². The standard InChI is InChI=1S/C11H11Cl2NO4/c1-18-9(5-10(15)16)11(17)14-8-3-6(12)2-7(13)4-8/h2-4,9H,5H2,1H3,(H,14,17)(H,15,16). The number of carboxylic acids is 1. The van der Waals surface area contributed by atoms with Crippen LogP contribution in [0.4, 0.5) is 5.69 Å². The minimum Gasteiger partial charge on any atom is -0.481 e. The number of hydrogen-bond acceptors (Lipinski definition) is 3. The summed E-state index contributed by atoms with van der Waals surface area (Å²) in [5.41, 5.74) is 0.380. The van der Waals surface area contributed by atoms with Crippen molar-refractivity contribution in [3.63, 3.8) is 0 Å². The number of benzene rings is 1. The first-order chi connectivity index (χ1) is 8.42.